The maximum Gasteiger partial charge on any atom is 0.234 e. The van der Waals surface area contributed by atoms with Gasteiger partial charge in [0.2, 0.25) is 10.0 Å². The molecule has 2 rings (SSSR count). The van der Waals surface area contributed by atoms with E-state index in [0.717, 1.165) is 26.1 Å². The van der Waals surface area contributed by atoms with Crippen molar-refractivity contribution in [2.45, 2.75) is 32.7 Å². The first-order valence-electron chi connectivity index (χ1n) is 9.30. The molecule has 0 radical (unpaired) electrons. The van der Waals surface area contributed by atoms with Crippen molar-refractivity contribution in [3.05, 3.63) is 29.6 Å². The average molecular weight is 527 g/mol. The lowest BCUT2D eigenvalue weighted by atomic mass is 10.2. The lowest BCUT2D eigenvalue weighted by Gasteiger charge is -2.24. The van der Waals surface area contributed by atoms with Crippen LogP contribution in [0.4, 0.5) is 10.1 Å². The monoisotopic (exact) mass is 527 g/mol. The first-order chi connectivity index (χ1) is 12.8. The van der Waals surface area contributed by atoms with Gasteiger partial charge in [0.25, 0.3) is 0 Å². The Labute approximate surface area is 184 Å². The van der Waals surface area contributed by atoms with Crippen LogP contribution in [0.5, 0.6) is 0 Å². The summed E-state index contributed by atoms with van der Waals surface area (Å²) in [6.45, 7) is 6.91. The minimum atomic E-state index is -3.58. The third-order valence-corrected chi connectivity index (χ3v) is 6.03. The normalized spacial score (nSPS) is 17.9. The molecule has 1 unspecified atom stereocenters. The minimum absolute atomic E-state index is 0. The van der Waals surface area contributed by atoms with Gasteiger partial charge in [-0.3, -0.25) is 14.6 Å². The van der Waals surface area contributed by atoms with Crippen LogP contribution in [0.25, 0.3) is 0 Å². The third-order valence-electron chi connectivity index (χ3n) is 4.74. The molecular weight excluding hydrogens is 496 g/mol. The van der Waals surface area contributed by atoms with E-state index in [9.17, 15) is 12.8 Å². The van der Waals surface area contributed by atoms with Gasteiger partial charge in [0.15, 0.2) is 5.96 Å². The lowest BCUT2D eigenvalue weighted by Crippen LogP contribution is -2.45. The molecule has 1 aliphatic rings. The molecular formula is C18H31FIN5O2S. The number of benzene rings is 1. The molecule has 1 atom stereocenters. The van der Waals surface area contributed by atoms with Crippen molar-refractivity contribution in [3.63, 3.8) is 0 Å². The van der Waals surface area contributed by atoms with E-state index in [0.29, 0.717) is 17.6 Å². The summed E-state index contributed by atoms with van der Waals surface area (Å²) in [5, 5.41) is 6.27. The highest BCUT2D eigenvalue weighted by molar-refractivity contribution is 14.0. The van der Waals surface area contributed by atoms with Crippen molar-refractivity contribution in [2.75, 3.05) is 43.7 Å². The molecule has 28 heavy (non-hydrogen) atoms. The van der Waals surface area contributed by atoms with E-state index in [1.165, 1.54) is 12.5 Å². The zero-order valence-corrected chi connectivity index (χ0v) is 19.8. The zero-order valence-electron chi connectivity index (χ0n) is 16.7. The second-order valence-electron chi connectivity index (χ2n) is 6.69. The highest BCUT2D eigenvalue weighted by Gasteiger charge is 2.22. The first-order valence-corrected chi connectivity index (χ1v) is 10.9. The molecule has 0 aliphatic carbocycles. The summed E-state index contributed by atoms with van der Waals surface area (Å²) in [5.74, 6) is -0.00578. The van der Waals surface area contributed by atoms with Crippen LogP contribution in [0.3, 0.4) is 0 Å². The Morgan fingerprint density at radius 2 is 2.11 bits per heavy atom. The number of aliphatic imine (C=N–C) groups is 1. The maximum atomic E-state index is 13.5. The van der Waals surface area contributed by atoms with Gasteiger partial charge in [0, 0.05) is 26.2 Å². The van der Waals surface area contributed by atoms with Crippen LogP contribution >= 0.6 is 24.0 Å². The van der Waals surface area contributed by atoms with Crippen LogP contribution in [0.1, 0.15) is 25.3 Å². The van der Waals surface area contributed by atoms with E-state index in [1.807, 2.05) is 0 Å². The van der Waals surface area contributed by atoms with Gasteiger partial charge in [-0.05, 0) is 50.6 Å². The highest BCUT2D eigenvalue weighted by atomic mass is 127. The Morgan fingerprint density at radius 3 is 2.75 bits per heavy atom. The fraction of sp³-hybridized carbons (Fsp3) is 0.611. The van der Waals surface area contributed by atoms with Crippen molar-refractivity contribution < 1.29 is 12.8 Å². The van der Waals surface area contributed by atoms with Crippen molar-refractivity contribution in [1.82, 2.24) is 15.5 Å². The van der Waals surface area contributed by atoms with E-state index >= 15 is 0 Å². The molecule has 0 spiro atoms. The van der Waals surface area contributed by atoms with E-state index in [-0.39, 0.29) is 42.0 Å². The molecule has 1 saturated heterocycles. The quantitative estimate of drug-likeness (QED) is 0.274. The Hall–Kier alpha value is -1.14. The number of anilines is 1. The predicted molar refractivity (Wildman–Crippen MR) is 124 cm³/mol. The van der Waals surface area contributed by atoms with Gasteiger partial charge in [-0.25, -0.2) is 12.8 Å². The lowest BCUT2D eigenvalue weighted by molar-refractivity contribution is 0.267. The van der Waals surface area contributed by atoms with Gasteiger partial charge < -0.3 is 10.6 Å². The fourth-order valence-corrected chi connectivity index (χ4v) is 4.13. The number of guanidine groups is 1. The van der Waals surface area contributed by atoms with Gasteiger partial charge >= 0.3 is 0 Å². The summed E-state index contributed by atoms with van der Waals surface area (Å²) in [6, 6.07) is 4.75. The molecule has 0 saturated carbocycles. The molecule has 1 aromatic carbocycles. The van der Waals surface area contributed by atoms with E-state index in [2.05, 4.69) is 32.2 Å². The topological polar surface area (TPSA) is 85.8 Å². The summed E-state index contributed by atoms with van der Waals surface area (Å²) >= 11 is 0. The number of aryl methyl sites for hydroxylation is 1. The van der Waals surface area contributed by atoms with Gasteiger partial charge in [-0.2, -0.15) is 0 Å². The Morgan fingerprint density at radius 1 is 1.36 bits per heavy atom. The Bertz CT molecular complexity index is 760. The number of nitrogens with zero attached hydrogens (tertiary/aromatic N) is 2. The summed E-state index contributed by atoms with van der Waals surface area (Å²) in [5.41, 5.74) is 0.694. The van der Waals surface area contributed by atoms with Gasteiger partial charge in [-0.15, -0.1) is 24.0 Å². The smallest absolute Gasteiger partial charge is 0.234 e. The molecule has 7 nitrogen and oxygen atoms in total. The van der Waals surface area contributed by atoms with Gasteiger partial charge in [0.1, 0.15) is 5.82 Å². The van der Waals surface area contributed by atoms with Crippen LogP contribution in [0.15, 0.2) is 23.2 Å². The van der Waals surface area contributed by atoms with Crippen LogP contribution in [-0.4, -0.2) is 64.3 Å². The SMILES string of the molecule is CCN1CCCC1CNC(=NC)NCCS(=O)(=O)Nc1ccc(C)c(F)c1.I. The Kier molecular flexibility index (Phi) is 10.5. The van der Waals surface area contributed by atoms with E-state index < -0.39 is 15.8 Å². The number of hydrogen-bond acceptors (Lipinski definition) is 4. The van der Waals surface area contributed by atoms with Crippen LogP contribution in [-0.2, 0) is 10.0 Å². The molecule has 3 N–H and O–H groups in total. The van der Waals surface area contributed by atoms with Gasteiger partial charge in [0.05, 0.1) is 11.4 Å². The number of hydrogen-bond donors (Lipinski definition) is 3. The van der Waals surface area contributed by atoms with E-state index in [4.69, 9.17) is 0 Å². The summed E-state index contributed by atoms with van der Waals surface area (Å²) in [4.78, 5) is 6.56. The number of sulfonamides is 1. The summed E-state index contributed by atoms with van der Waals surface area (Å²) in [6.07, 6.45) is 2.36. The van der Waals surface area contributed by atoms with Crippen LogP contribution in [0.2, 0.25) is 0 Å². The van der Waals surface area contributed by atoms with E-state index in [1.54, 1.807) is 26.1 Å². The van der Waals surface area contributed by atoms with Crippen molar-refractivity contribution >= 4 is 45.6 Å². The van der Waals surface area contributed by atoms with Crippen molar-refractivity contribution in [1.29, 1.82) is 0 Å². The number of halogens is 2. The fourth-order valence-electron chi connectivity index (χ4n) is 3.17. The predicted octanol–water partition coefficient (Wildman–Crippen LogP) is 2.14. The molecule has 1 aromatic rings. The standard InChI is InChI=1S/C18H30FN5O2S.HI/c1-4-24-10-5-6-16(24)13-22-18(20-3)21-9-11-27(25,26)23-15-8-7-14(2)17(19)12-15;/h7-8,12,16,23H,4-6,9-11,13H2,1-3H3,(H2,20,21,22);1H. The third kappa shape index (κ3) is 7.70. The zero-order chi connectivity index (χ0) is 19.9. The molecule has 0 amide bonds. The van der Waals surface area contributed by atoms with Crippen LogP contribution in [0, 0.1) is 12.7 Å². The van der Waals surface area contributed by atoms with Crippen LogP contribution < -0.4 is 15.4 Å². The Balaban J connectivity index is 0.00000392. The average Bonchev–Trinajstić information content (AvgIpc) is 3.08. The first kappa shape index (κ1) is 24.9. The minimum Gasteiger partial charge on any atom is -0.355 e. The molecule has 160 valence electrons. The molecule has 0 aromatic heterocycles. The molecule has 1 fully saturated rings. The van der Waals surface area contributed by atoms with Gasteiger partial charge in [-0.1, -0.05) is 13.0 Å². The summed E-state index contributed by atoms with van der Waals surface area (Å²) < 4.78 is 40.3. The summed E-state index contributed by atoms with van der Waals surface area (Å²) in [7, 11) is -1.93. The molecule has 1 aliphatic heterocycles. The number of likely N-dealkylation sites (tertiary alicyclic amines) is 1. The molecule has 10 heteroatoms. The second-order valence-corrected chi connectivity index (χ2v) is 8.53. The number of nitrogens with one attached hydrogen (secondary N) is 3. The largest absolute Gasteiger partial charge is 0.355 e. The number of rotatable bonds is 8. The van der Waals surface area contributed by atoms with Crippen molar-refractivity contribution in [3.8, 4) is 0 Å². The number of likely N-dealkylation sites (N-methyl/N-ethyl adjacent to an activating group) is 1. The molecule has 1 heterocycles. The second kappa shape index (κ2) is 11.8. The highest BCUT2D eigenvalue weighted by Crippen LogP contribution is 2.16. The molecule has 0 bridgehead atoms. The maximum absolute atomic E-state index is 13.5. The van der Waals surface area contributed by atoms with Crippen molar-refractivity contribution in [2.24, 2.45) is 4.99 Å².